The number of anilines is 1. The Balaban J connectivity index is 1.92. The second-order valence-corrected chi connectivity index (χ2v) is 3.73. The van der Waals surface area contributed by atoms with Gasteiger partial charge in [-0.3, -0.25) is 9.48 Å². The van der Waals surface area contributed by atoms with E-state index in [1.54, 1.807) is 25.2 Å². The standard InChI is InChI=1S/C10H9N7O/c1-17-5-8(13-16-17)10(18)11-6-3-2-4-7-9(6)14-15-12-7/h2-5H,1H3,(H,11,18)(H,12,14,15). The first-order chi connectivity index (χ1) is 8.74. The van der Waals surface area contributed by atoms with Crippen molar-refractivity contribution in [3.8, 4) is 0 Å². The highest BCUT2D eigenvalue weighted by molar-refractivity contribution is 6.06. The maximum atomic E-state index is 11.9. The molecule has 3 aromatic rings. The number of carbonyl (C=O) groups excluding carboxylic acids is 1. The van der Waals surface area contributed by atoms with E-state index in [4.69, 9.17) is 0 Å². The summed E-state index contributed by atoms with van der Waals surface area (Å²) in [6, 6.07) is 5.34. The molecule has 1 aromatic carbocycles. The van der Waals surface area contributed by atoms with Gasteiger partial charge in [0.1, 0.15) is 11.0 Å². The zero-order valence-corrected chi connectivity index (χ0v) is 9.45. The molecule has 0 aliphatic carbocycles. The smallest absolute Gasteiger partial charge is 0.277 e. The second kappa shape index (κ2) is 3.91. The Hall–Kier alpha value is -2.77. The van der Waals surface area contributed by atoms with Crippen LogP contribution in [0.25, 0.3) is 11.0 Å². The third-order valence-corrected chi connectivity index (χ3v) is 2.43. The molecule has 2 N–H and O–H groups in total. The van der Waals surface area contributed by atoms with Gasteiger partial charge >= 0.3 is 0 Å². The normalized spacial score (nSPS) is 10.7. The highest BCUT2D eigenvalue weighted by atomic mass is 16.2. The van der Waals surface area contributed by atoms with Crippen LogP contribution < -0.4 is 5.32 Å². The Morgan fingerprint density at radius 1 is 1.39 bits per heavy atom. The molecule has 0 saturated heterocycles. The molecule has 0 spiro atoms. The van der Waals surface area contributed by atoms with Crippen LogP contribution in [0.1, 0.15) is 10.5 Å². The number of H-pyrrole nitrogens is 1. The van der Waals surface area contributed by atoms with Gasteiger partial charge in [-0.25, -0.2) is 0 Å². The number of aromatic amines is 1. The van der Waals surface area contributed by atoms with E-state index in [1.807, 2.05) is 0 Å². The lowest BCUT2D eigenvalue weighted by Gasteiger charge is -2.02. The number of carbonyl (C=O) groups is 1. The van der Waals surface area contributed by atoms with Gasteiger partial charge in [0, 0.05) is 7.05 Å². The summed E-state index contributed by atoms with van der Waals surface area (Å²) in [5, 5.41) is 20.6. The van der Waals surface area contributed by atoms with Crippen molar-refractivity contribution >= 4 is 22.6 Å². The third-order valence-electron chi connectivity index (χ3n) is 2.43. The van der Waals surface area contributed by atoms with Crippen molar-refractivity contribution in [2.24, 2.45) is 7.05 Å². The number of amides is 1. The van der Waals surface area contributed by atoms with Gasteiger partial charge in [0.2, 0.25) is 0 Å². The molecule has 0 unspecified atom stereocenters. The zero-order chi connectivity index (χ0) is 12.5. The van der Waals surface area contributed by atoms with Crippen molar-refractivity contribution in [2.45, 2.75) is 0 Å². The first-order valence-electron chi connectivity index (χ1n) is 5.21. The molecule has 2 heterocycles. The summed E-state index contributed by atoms with van der Waals surface area (Å²) >= 11 is 0. The van der Waals surface area contributed by atoms with E-state index in [1.165, 1.54) is 10.9 Å². The predicted octanol–water partition coefficient (Wildman–Crippen LogP) is 0.339. The summed E-state index contributed by atoms with van der Waals surface area (Å²) in [5.74, 6) is -0.335. The van der Waals surface area contributed by atoms with E-state index in [-0.39, 0.29) is 11.6 Å². The number of fused-ring (bicyclic) bond motifs is 1. The summed E-state index contributed by atoms with van der Waals surface area (Å²) in [4.78, 5) is 11.9. The van der Waals surface area contributed by atoms with Crippen LogP contribution in [0, 0.1) is 0 Å². The molecule has 90 valence electrons. The SMILES string of the molecule is Cn1cc(C(=O)Nc2cccc3n[nH]nc23)nn1. The summed E-state index contributed by atoms with van der Waals surface area (Å²) in [7, 11) is 1.70. The fraction of sp³-hybridized carbons (Fsp3) is 0.100. The summed E-state index contributed by atoms with van der Waals surface area (Å²) in [5.41, 5.74) is 2.12. The number of rotatable bonds is 2. The van der Waals surface area contributed by atoms with Crippen LogP contribution in [0.2, 0.25) is 0 Å². The molecular formula is C10H9N7O. The van der Waals surface area contributed by atoms with E-state index in [0.29, 0.717) is 16.7 Å². The Morgan fingerprint density at radius 2 is 2.28 bits per heavy atom. The fourth-order valence-corrected chi connectivity index (χ4v) is 1.61. The van der Waals surface area contributed by atoms with Crippen LogP contribution in [0.15, 0.2) is 24.4 Å². The van der Waals surface area contributed by atoms with E-state index >= 15 is 0 Å². The van der Waals surface area contributed by atoms with E-state index < -0.39 is 0 Å². The van der Waals surface area contributed by atoms with Gasteiger partial charge in [0.15, 0.2) is 5.69 Å². The third kappa shape index (κ3) is 1.69. The average molecular weight is 243 g/mol. The number of benzene rings is 1. The molecule has 0 bridgehead atoms. The highest BCUT2D eigenvalue weighted by Crippen LogP contribution is 2.19. The van der Waals surface area contributed by atoms with E-state index in [2.05, 4.69) is 31.0 Å². The number of hydrogen-bond donors (Lipinski definition) is 2. The molecule has 0 fully saturated rings. The number of nitrogens with zero attached hydrogens (tertiary/aromatic N) is 5. The van der Waals surface area contributed by atoms with E-state index in [9.17, 15) is 4.79 Å². The van der Waals surface area contributed by atoms with Gasteiger partial charge in [0.25, 0.3) is 5.91 Å². The molecule has 8 nitrogen and oxygen atoms in total. The number of aromatic nitrogens is 6. The minimum Gasteiger partial charge on any atom is -0.318 e. The van der Waals surface area contributed by atoms with Crippen LogP contribution in [0.5, 0.6) is 0 Å². The second-order valence-electron chi connectivity index (χ2n) is 3.73. The number of para-hydroxylation sites is 1. The number of aryl methyl sites for hydroxylation is 1. The van der Waals surface area contributed by atoms with Crippen LogP contribution in [-0.4, -0.2) is 36.3 Å². The Labute approximate surface area is 101 Å². The lowest BCUT2D eigenvalue weighted by atomic mass is 10.2. The van der Waals surface area contributed by atoms with Gasteiger partial charge < -0.3 is 5.32 Å². The highest BCUT2D eigenvalue weighted by Gasteiger charge is 2.12. The minimum atomic E-state index is -0.335. The van der Waals surface area contributed by atoms with Crippen LogP contribution in [-0.2, 0) is 7.05 Å². The summed E-state index contributed by atoms with van der Waals surface area (Å²) < 4.78 is 1.46. The van der Waals surface area contributed by atoms with Crippen LogP contribution in [0.3, 0.4) is 0 Å². The monoisotopic (exact) mass is 243 g/mol. The summed E-state index contributed by atoms with van der Waals surface area (Å²) in [6.07, 6.45) is 1.54. The topological polar surface area (TPSA) is 101 Å². The molecule has 3 rings (SSSR count). The molecule has 2 aromatic heterocycles. The van der Waals surface area contributed by atoms with Crippen LogP contribution >= 0.6 is 0 Å². The first kappa shape index (κ1) is 10.4. The molecule has 0 radical (unpaired) electrons. The predicted molar refractivity (Wildman–Crippen MR) is 62.8 cm³/mol. The minimum absolute atomic E-state index is 0.248. The van der Waals surface area contributed by atoms with Crippen molar-refractivity contribution in [1.82, 2.24) is 30.4 Å². The first-order valence-corrected chi connectivity index (χ1v) is 5.21. The number of nitrogens with one attached hydrogen (secondary N) is 2. The molecule has 0 aliphatic rings. The quantitative estimate of drug-likeness (QED) is 0.675. The molecule has 1 amide bonds. The Bertz CT molecular complexity index is 714. The molecule has 0 atom stereocenters. The lowest BCUT2D eigenvalue weighted by Crippen LogP contribution is -2.12. The van der Waals surface area contributed by atoms with Crippen molar-refractivity contribution < 1.29 is 4.79 Å². The zero-order valence-electron chi connectivity index (χ0n) is 9.45. The van der Waals surface area contributed by atoms with Gasteiger partial charge in [-0.2, -0.15) is 15.4 Å². The van der Waals surface area contributed by atoms with Crippen molar-refractivity contribution in [1.29, 1.82) is 0 Å². The maximum Gasteiger partial charge on any atom is 0.277 e. The summed E-state index contributed by atoms with van der Waals surface area (Å²) in [6.45, 7) is 0. The molecule has 18 heavy (non-hydrogen) atoms. The van der Waals surface area contributed by atoms with Crippen molar-refractivity contribution in [3.63, 3.8) is 0 Å². The van der Waals surface area contributed by atoms with Gasteiger partial charge in [-0.05, 0) is 12.1 Å². The van der Waals surface area contributed by atoms with Crippen molar-refractivity contribution in [3.05, 3.63) is 30.1 Å². The molecular weight excluding hydrogens is 234 g/mol. The van der Waals surface area contributed by atoms with Crippen LogP contribution in [0.4, 0.5) is 5.69 Å². The Kier molecular flexibility index (Phi) is 2.26. The van der Waals surface area contributed by atoms with Gasteiger partial charge in [-0.15, -0.1) is 5.10 Å². The number of hydrogen-bond acceptors (Lipinski definition) is 5. The van der Waals surface area contributed by atoms with Gasteiger partial charge in [0.05, 0.1) is 11.9 Å². The molecule has 0 aliphatic heterocycles. The maximum absolute atomic E-state index is 11.9. The average Bonchev–Trinajstić information content (AvgIpc) is 2.97. The van der Waals surface area contributed by atoms with E-state index in [0.717, 1.165) is 0 Å². The Morgan fingerprint density at radius 3 is 3.06 bits per heavy atom. The fourth-order valence-electron chi connectivity index (χ4n) is 1.61. The molecule has 8 heteroatoms. The molecule has 0 saturated carbocycles. The van der Waals surface area contributed by atoms with Crippen molar-refractivity contribution in [2.75, 3.05) is 5.32 Å². The lowest BCUT2D eigenvalue weighted by molar-refractivity contribution is 0.102. The van der Waals surface area contributed by atoms with Gasteiger partial charge in [-0.1, -0.05) is 11.3 Å². The largest absolute Gasteiger partial charge is 0.318 e.